The highest BCUT2D eigenvalue weighted by molar-refractivity contribution is 5.87. The maximum atomic E-state index is 10.7. The van der Waals surface area contributed by atoms with E-state index in [9.17, 15) is 4.79 Å². The van der Waals surface area contributed by atoms with Crippen LogP contribution in [0.3, 0.4) is 0 Å². The molecule has 0 aromatic heterocycles. The van der Waals surface area contributed by atoms with Gasteiger partial charge in [-0.25, -0.2) is 4.79 Å². The minimum Gasteiger partial charge on any atom is -0.494 e. The summed E-state index contributed by atoms with van der Waals surface area (Å²) in [6, 6.07) is 14.7. The van der Waals surface area contributed by atoms with Gasteiger partial charge in [0.2, 0.25) is 0 Å². The van der Waals surface area contributed by atoms with Crippen LogP contribution in [0.25, 0.3) is 0 Å². The van der Waals surface area contributed by atoms with Crippen LogP contribution >= 0.6 is 12.4 Å². The van der Waals surface area contributed by atoms with Gasteiger partial charge in [-0.1, -0.05) is 17.7 Å². The minimum absolute atomic E-state index is 0. The Morgan fingerprint density at radius 1 is 1.09 bits per heavy atom. The van der Waals surface area contributed by atoms with Gasteiger partial charge in [0.05, 0.1) is 12.2 Å². The second-order valence-corrected chi connectivity index (χ2v) is 4.82. The molecule has 4 nitrogen and oxygen atoms in total. The first-order chi connectivity index (χ1) is 10.1. The topological polar surface area (TPSA) is 58.6 Å². The van der Waals surface area contributed by atoms with E-state index in [-0.39, 0.29) is 18.0 Å². The summed E-state index contributed by atoms with van der Waals surface area (Å²) < 4.78 is 5.56. The number of carbonyl (C=O) groups is 1. The van der Waals surface area contributed by atoms with E-state index in [1.807, 2.05) is 0 Å². The van der Waals surface area contributed by atoms with Gasteiger partial charge >= 0.3 is 5.97 Å². The molecule has 0 aliphatic rings. The molecule has 0 aliphatic carbocycles. The van der Waals surface area contributed by atoms with Gasteiger partial charge in [-0.15, -0.1) is 12.4 Å². The molecule has 2 aromatic rings. The molecule has 0 radical (unpaired) electrons. The Kier molecular flexibility index (Phi) is 7.26. The number of anilines is 1. The lowest BCUT2D eigenvalue weighted by Gasteiger charge is -2.08. The first-order valence-electron chi connectivity index (χ1n) is 6.92. The van der Waals surface area contributed by atoms with Gasteiger partial charge in [0, 0.05) is 12.2 Å². The van der Waals surface area contributed by atoms with E-state index in [4.69, 9.17) is 9.84 Å². The van der Waals surface area contributed by atoms with Crippen molar-refractivity contribution in [3.63, 3.8) is 0 Å². The Morgan fingerprint density at radius 3 is 2.32 bits per heavy atom. The van der Waals surface area contributed by atoms with E-state index in [0.717, 1.165) is 18.7 Å². The number of aromatic carboxylic acids is 1. The van der Waals surface area contributed by atoms with Crippen molar-refractivity contribution in [3.05, 3.63) is 59.7 Å². The van der Waals surface area contributed by atoms with Gasteiger partial charge < -0.3 is 15.2 Å². The lowest BCUT2D eigenvalue weighted by molar-refractivity contribution is 0.0697. The SMILES string of the molecule is Cc1ccc(NCCCOc2ccc(C(=O)O)cc2)cc1.Cl. The van der Waals surface area contributed by atoms with Crippen LogP contribution in [-0.4, -0.2) is 24.2 Å². The highest BCUT2D eigenvalue weighted by Crippen LogP contribution is 2.12. The van der Waals surface area contributed by atoms with Crippen molar-refractivity contribution < 1.29 is 14.6 Å². The average Bonchev–Trinajstić information content (AvgIpc) is 2.49. The number of benzene rings is 2. The third-order valence-electron chi connectivity index (χ3n) is 3.07. The normalized spacial score (nSPS) is 9.68. The number of aryl methyl sites for hydroxylation is 1. The Morgan fingerprint density at radius 2 is 1.73 bits per heavy atom. The second kappa shape index (κ2) is 8.95. The van der Waals surface area contributed by atoms with Gasteiger partial charge in [-0.05, 0) is 49.7 Å². The molecule has 0 amide bonds. The van der Waals surface area contributed by atoms with Crippen LogP contribution in [0.5, 0.6) is 5.75 Å². The van der Waals surface area contributed by atoms with Crippen molar-refractivity contribution >= 4 is 24.1 Å². The van der Waals surface area contributed by atoms with Crippen LogP contribution in [0.15, 0.2) is 48.5 Å². The van der Waals surface area contributed by atoms with E-state index in [1.165, 1.54) is 5.56 Å². The molecular formula is C17H20ClNO3. The maximum Gasteiger partial charge on any atom is 0.335 e. The molecule has 0 unspecified atom stereocenters. The number of rotatable bonds is 7. The van der Waals surface area contributed by atoms with Crippen molar-refractivity contribution in [2.24, 2.45) is 0 Å². The lowest BCUT2D eigenvalue weighted by Crippen LogP contribution is -2.07. The number of hydrogen-bond acceptors (Lipinski definition) is 3. The molecule has 22 heavy (non-hydrogen) atoms. The molecule has 2 rings (SSSR count). The van der Waals surface area contributed by atoms with E-state index in [1.54, 1.807) is 24.3 Å². The number of carboxylic acid groups (broad SMARTS) is 1. The molecule has 0 fully saturated rings. The third kappa shape index (κ3) is 5.66. The molecule has 0 aliphatic heterocycles. The zero-order chi connectivity index (χ0) is 15.1. The zero-order valence-electron chi connectivity index (χ0n) is 12.4. The van der Waals surface area contributed by atoms with Gasteiger partial charge in [-0.2, -0.15) is 0 Å². The summed E-state index contributed by atoms with van der Waals surface area (Å²) in [5, 5.41) is 12.1. The molecule has 0 saturated heterocycles. The fraction of sp³-hybridized carbons (Fsp3) is 0.235. The predicted octanol–water partition coefficient (Wildman–Crippen LogP) is 4.00. The van der Waals surface area contributed by atoms with Crippen LogP contribution < -0.4 is 10.1 Å². The number of carboxylic acids is 1. The van der Waals surface area contributed by atoms with Crippen LogP contribution in [0, 0.1) is 6.92 Å². The number of halogens is 1. The van der Waals surface area contributed by atoms with Crippen molar-refractivity contribution in [1.29, 1.82) is 0 Å². The Balaban J connectivity index is 0.00000242. The highest BCUT2D eigenvalue weighted by atomic mass is 35.5. The first-order valence-corrected chi connectivity index (χ1v) is 6.92. The number of ether oxygens (including phenoxy) is 1. The highest BCUT2D eigenvalue weighted by Gasteiger charge is 2.01. The Bertz CT molecular complexity index is 582. The largest absolute Gasteiger partial charge is 0.494 e. The summed E-state index contributed by atoms with van der Waals surface area (Å²) in [5.41, 5.74) is 2.61. The van der Waals surface area contributed by atoms with Crippen molar-refractivity contribution in [2.75, 3.05) is 18.5 Å². The molecular weight excluding hydrogens is 302 g/mol. The first kappa shape index (κ1) is 17.9. The minimum atomic E-state index is -0.927. The zero-order valence-corrected chi connectivity index (χ0v) is 13.2. The molecule has 118 valence electrons. The summed E-state index contributed by atoms with van der Waals surface area (Å²) in [7, 11) is 0. The van der Waals surface area contributed by atoms with E-state index < -0.39 is 5.97 Å². The average molecular weight is 322 g/mol. The van der Waals surface area contributed by atoms with Crippen LogP contribution in [0.2, 0.25) is 0 Å². The smallest absolute Gasteiger partial charge is 0.335 e. The summed E-state index contributed by atoms with van der Waals surface area (Å²) >= 11 is 0. The lowest BCUT2D eigenvalue weighted by atomic mass is 10.2. The molecule has 2 aromatic carbocycles. The predicted molar refractivity (Wildman–Crippen MR) is 90.4 cm³/mol. The fourth-order valence-corrected chi connectivity index (χ4v) is 1.86. The van der Waals surface area contributed by atoms with Crippen LogP contribution in [-0.2, 0) is 0 Å². The van der Waals surface area contributed by atoms with Gasteiger partial charge in [0.15, 0.2) is 0 Å². The molecule has 0 heterocycles. The van der Waals surface area contributed by atoms with Crippen molar-refractivity contribution in [1.82, 2.24) is 0 Å². The van der Waals surface area contributed by atoms with Gasteiger partial charge in [0.1, 0.15) is 5.75 Å². The molecule has 0 spiro atoms. The van der Waals surface area contributed by atoms with Crippen LogP contribution in [0.4, 0.5) is 5.69 Å². The molecule has 0 saturated carbocycles. The molecule has 0 bridgehead atoms. The number of hydrogen-bond donors (Lipinski definition) is 2. The summed E-state index contributed by atoms with van der Waals surface area (Å²) in [4.78, 5) is 10.7. The quantitative estimate of drug-likeness (QED) is 0.757. The summed E-state index contributed by atoms with van der Waals surface area (Å²) in [5.74, 6) is -0.237. The Hall–Kier alpha value is -2.20. The van der Waals surface area contributed by atoms with Crippen molar-refractivity contribution in [2.45, 2.75) is 13.3 Å². The fourth-order valence-electron chi connectivity index (χ4n) is 1.86. The molecule has 2 N–H and O–H groups in total. The van der Waals surface area contributed by atoms with E-state index in [2.05, 4.69) is 36.5 Å². The van der Waals surface area contributed by atoms with Gasteiger partial charge in [-0.3, -0.25) is 0 Å². The summed E-state index contributed by atoms with van der Waals surface area (Å²) in [6.07, 6.45) is 0.870. The monoisotopic (exact) mass is 321 g/mol. The second-order valence-electron chi connectivity index (χ2n) is 4.82. The van der Waals surface area contributed by atoms with E-state index in [0.29, 0.717) is 12.4 Å². The number of nitrogens with one attached hydrogen (secondary N) is 1. The molecule has 5 heteroatoms. The Labute approximate surface area is 136 Å². The maximum absolute atomic E-state index is 10.7. The van der Waals surface area contributed by atoms with Crippen LogP contribution in [0.1, 0.15) is 22.3 Å². The van der Waals surface area contributed by atoms with Crippen molar-refractivity contribution in [3.8, 4) is 5.75 Å². The molecule has 0 atom stereocenters. The van der Waals surface area contributed by atoms with E-state index >= 15 is 0 Å². The summed E-state index contributed by atoms with van der Waals surface area (Å²) in [6.45, 7) is 3.48. The standard InChI is InChI=1S/C17H19NO3.ClH/c1-13-3-7-15(8-4-13)18-11-2-12-21-16-9-5-14(6-10-16)17(19)20;/h3-10,18H,2,11-12H2,1H3,(H,19,20);1H. The van der Waals surface area contributed by atoms with Gasteiger partial charge in [0.25, 0.3) is 0 Å². The third-order valence-corrected chi connectivity index (χ3v) is 3.07.